The van der Waals surface area contributed by atoms with Crippen molar-refractivity contribution >= 4 is 17.7 Å². The number of aliphatic carboxylic acids is 1. The number of halogens is 1. The van der Waals surface area contributed by atoms with Gasteiger partial charge in [-0.15, -0.1) is 0 Å². The largest absolute Gasteiger partial charge is 0.481 e. The molecule has 0 bridgehead atoms. The van der Waals surface area contributed by atoms with Crippen molar-refractivity contribution < 1.29 is 19.1 Å². The van der Waals surface area contributed by atoms with E-state index in [2.05, 4.69) is 5.32 Å². The molecule has 0 aliphatic carbocycles. The van der Waals surface area contributed by atoms with Gasteiger partial charge in [-0.2, -0.15) is 0 Å². The fourth-order valence-corrected chi connectivity index (χ4v) is 1.78. The average Bonchev–Trinajstić information content (AvgIpc) is 2.33. The van der Waals surface area contributed by atoms with Crippen LogP contribution in [0.4, 0.5) is 14.9 Å². The van der Waals surface area contributed by atoms with Crippen LogP contribution in [0, 0.1) is 12.7 Å². The molecule has 0 fully saturated rings. The normalized spacial score (nSPS) is 10.4. The zero-order chi connectivity index (χ0) is 15.3. The summed E-state index contributed by atoms with van der Waals surface area (Å²) in [6.07, 6.45) is -0.151. The van der Waals surface area contributed by atoms with Crippen molar-refractivity contribution in [1.82, 2.24) is 4.90 Å². The van der Waals surface area contributed by atoms with Gasteiger partial charge in [-0.05, 0) is 32.4 Å². The lowest BCUT2D eigenvalue weighted by atomic mass is 10.2. The third kappa shape index (κ3) is 4.22. The zero-order valence-electron chi connectivity index (χ0n) is 11.8. The minimum atomic E-state index is -0.981. The molecule has 0 saturated carbocycles. The van der Waals surface area contributed by atoms with Gasteiger partial charge in [0, 0.05) is 12.6 Å². The van der Waals surface area contributed by atoms with E-state index in [9.17, 15) is 14.0 Å². The number of anilines is 1. The Bertz CT molecular complexity index is 483. The highest BCUT2D eigenvalue weighted by molar-refractivity contribution is 5.90. The van der Waals surface area contributed by atoms with Crippen LogP contribution >= 0.6 is 0 Å². The molecule has 2 amide bonds. The number of hydrogen-bond acceptors (Lipinski definition) is 2. The first-order chi connectivity index (χ1) is 9.32. The Morgan fingerprint density at radius 1 is 1.40 bits per heavy atom. The summed E-state index contributed by atoms with van der Waals surface area (Å²) in [6, 6.07) is 3.83. The predicted octanol–water partition coefficient (Wildman–Crippen LogP) is 2.85. The van der Waals surface area contributed by atoms with Gasteiger partial charge in [-0.3, -0.25) is 4.79 Å². The summed E-state index contributed by atoms with van der Waals surface area (Å²) >= 11 is 0. The second-order valence-corrected chi connectivity index (χ2v) is 4.79. The van der Waals surface area contributed by atoms with E-state index in [-0.39, 0.29) is 24.7 Å². The predicted molar refractivity (Wildman–Crippen MR) is 74.3 cm³/mol. The number of amides is 2. The topological polar surface area (TPSA) is 69.6 Å². The molecule has 110 valence electrons. The number of aryl methyl sites for hydroxylation is 1. The molecule has 6 heteroatoms. The Labute approximate surface area is 117 Å². The highest BCUT2D eigenvalue weighted by Crippen LogP contribution is 2.19. The number of carbonyl (C=O) groups excluding carboxylic acids is 1. The fourth-order valence-electron chi connectivity index (χ4n) is 1.78. The van der Waals surface area contributed by atoms with Crippen molar-refractivity contribution in [2.24, 2.45) is 0 Å². The van der Waals surface area contributed by atoms with E-state index in [0.29, 0.717) is 5.56 Å². The fraction of sp³-hybridized carbons (Fsp3) is 0.429. The average molecular weight is 282 g/mol. The molecule has 0 saturated heterocycles. The van der Waals surface area contributed by atoms with Gasteiger partial charge in [-0.1, -0.05) is 12.1 Å². The van der Waals surface area contributed by atoms with Crippen LogP contribution in [0.1, 0.15) is 25.8 Å². The Balaban J connectivity index is 2.83. The quantitative estimate of drug-likeness (QED) is 0.872. The summed E-state index contributed by atoms with van der Waals surface area (Å²) in [5, 5.41) is 11.2. The maximum absolute atomic E-state index is 13.7. The van der Waals surface area contributed by atoms with Gasteiger partial charge in [0.05, 0.1) is 12.1 Å². The molecule has 0 aliphatic heterocycles. The van der Waals surface area contributed by atoms with E-state index in [4.69, 9.17) is 5.11 Å². The number of rotatable bonds is 5. The van der Waals surface area contributed by atoms with Crippen molar-refractivity contribution in [3.05, 3.63) is 29.6 Å². The van der Waals surface area contributed by atoms with Crippen molar-refractivity contribution in [2.75, 3.05) is 11.9 Å². The van der Waals surface area contributed by atoms with Crippen LogP contribution < -0.4 is 5.32 Å². The van der Waals surface area contributed by atoms with Gasteiger partial charge in [0.2, 0.25) is 0 Å². The molecule has 0 atom stereocenters. The first kappa shape index (κ1) is 15.9. The van der Waals surface area contributed by atoms with Gasteiger partial charge in [-0.25, -0.2) is 9.18 Å². The van der Waals surface area contributed by atoms with Gasteiger partial charge < -0.3 is 15.3 Å². The maximum atomic E-state index is 13.7. The zero-order valence-corrected chi connectivity index (χ0v) is 11.8. The van der Waals surface area contributed by atoms with Crippen molar-refractivity contribution in [2.45, 2.75) is 33.2 Å². The number of para-hydroxylation sites is 1. The van der Waals surface area contributed by atoms with E-state index in [1.165, 1.54) is 11.0 Å². The van der Waals surface area contributed by atoms with E-state index in [1.807, 2.05) is 0 Å². The summed E-state index contributed by atoms with van der Waals surface area (Å²) in [5.74, 6) is -1.49. The molecule has 0 heterocycles. The third-order valence-electron chi connectivity index (χ3n) is 2.90. The van der Waals surface area contributed by atoms with Crippen molar-refractivity contribution in [3.8, 4) is 0 Å². The van der Waals surface area contributed by atoms with Crippen LogP contribution in [0.2, 0.25) is 0 Å². The summed E-state index contributed by atoms with van der Waals surface area (Å²) in [5.41, 5.74) is 0.735. The molecule has 5 nitrogen and oxygen atoms in total. The number of carbonyl (C=O) groups is 2. The maximum Gasteiger partial charge on any atom is 0.322 e. The molecule has 1 rings (SSSR count). The molecule has 0 spiro atoms. The van der Waals surface area contributed by atoms with Gasteiger partial charge in [0.1, 0.15) is 5.82 Å². The minimum absolute atomic E-state index is 0.0757. The number of nitrogens with zero attached hydrogens (tertiary/aromatic N) is 1. The molecule has 1 aromatic carbocycles. The second kappa shape index (κ2) is 6.88. The summed E-state index contributed by atoms with van der Waals surface area (Å²) < 4.78 is 13.7. The SMILES string of the molecule is Cc1cccc(F)c1NC(=O)N(CCC(=O)O)C(C)C. The lowest BCUT2D eigenvalue weighted by Crippen LogP contribution is -2.41. The molecule has 0 unspecified atom stereocenters. The first-order valence-corrected chi connectivity index (χ1v) is 6.37. The molecular weight excluding hydrogens is 263 g/mol. The van der Waals surface area contributed by atoms with Crippen LogP contribution in [-0.2, 0) is 4.79 Å². The van der Waals surface area contributed by atoms with Crippen molar-refractivity contribution in [1.29, 1.82) is 0 Å². The van der Waals surface area contributed by atoms with E-state index >= 15 is 0 Å². The summed E-state index contributed by atoms with van der Waals surface area (Å²) in [6.45, 7) is 5.31. The van der Waals surface area contributed by atoms with Crippen molar-refractivity contribution in [3.63, 3.8) is 0 Å². The Kier molecular flexibility index (Phi) is 5.49. The lowest BCUT2D eigenvalue weighted by molar-refractivity contribution is -0.137. The summed E-state index contributed by atoms with van der Waals surface area (Å²) in [7, 11) is 0. The third-order valence-corrected chi connectivity index (χ3v) is 2.90. The second-order valence-electron chi connectivity index (χ2n) is 4.79. The molecular formula is C14H19FN2O3. The molecule has 20 heavy (non-hydrogen) atoms. The number of hydrogen-bond donors (Lipinski definition) is 2. The molecule has 1 aromatic rings. The highest BCUT2D eigenvalue weighted by atomic mass is 19.1. The van der Waals surface area contributed by atoms with E-state index in [0.717, 1.165) is 0 Å². The number of urea groups is 1. The number of carboxylic acid groups (broad SMARTS) is 1. The van der Waals surface area contributed by atoms with Crippen LogP contribution in [0.3, 0.4) is 0 Å². The first-order valence-electron chi connectivity index (χ1n) is 6.37. The van der Waals surface area contributed by atoms with Crippen LogP contribution in [0.25, 0.3) is 0 Å². The van der Waals surface area contributed by atoms with Gasteiger partial charge in [0.25, 0.3) is 0 Å². The highest BCUT2D eigenvalue weighted by Gasteiger charge is 2.19. The number of benzene rings is 1. The lowest BCUT2D eigenvalue weighted by Gasteiger charge is -2.26. The molecule has 0 aromatic heterocycles. The van der Waals surface area contributed by atoms with Crippen LogP contribution in [-0.4, -0.2) is 34.6 Å². The molecule has 0 radical (unpaired) electrons. The van der Waals surface area contributed by atoms with Crippen LogP contribution in [0.5, 0.6) is 0 Å². The van der Waals surface area contributed by atoms with Crippen LogP contribution in [0.15, 0.2) is 18.2 Å². The summed E-state index contributed by atoms with van der Waals surface area (Å²) in [4.78, 5) is 24.1. The molecule has 2 N–H and O–H groups in total. The monoisotopic (exact) mass is 282 g/mol. The van der Waals surface area contributed by atoms with E-state index in [1.54, 1.807) is 32.9 Å². The smallest absolute Gasteiger partial charge is 0.322 e. The van der Waals surface area contributed by atoms with Gasteiger partial charge in [0.15, 0.2) is 0 Å². The Morgan fingerprint density at radius 2 is 2.05 bits per heavy atom. The Hall–Kier alpha value is -2.11. The number of nitrogens with one attached hydrogen (secondary N) is 1. The minimum Gasteiger partial charge on any atom is -0.481 e. The molecule has 0 aliphatic rings. The van der Waals surface area contributed by atoms with E-state index < -0.39 is 17.8 Å². The standard InChI is InChI=1S/C14H19FN2O3/c1-9(2)17(8-7-12(18)19)14(20)16-13-10(3)5-4-6-11(13)15/h4-6,9H,7-8H2,1-3H3,(H,16,20)(H,18,19). The Morgan fingerprint density at radius 3 is 2.55 bits per heavy atom. The van der Waals surface area contributed by atoms with Gasteiger partial charge >= 0.3 is 12.0 Å². The number of carboxylic acids is 1.